The Labute approximate surface area is 109 Å². The maximum absolute atomic E-state index is 6.12. The number of halogens is 1. The fraction of sp³-hybridized carbons (Fsp3) is 0.571. The Bertz CT molecular complexity index is 374. The molecule has 0 heterocycles. The topological polar surface area (TPSA) is 15.3 Å². The number of hydrogen-bond donors (Lipinski definition) is 1. The fourth-order valence-corrected chi connectivity index (χ4v) is 2.08. The van der Waals surface area contributed by atoms with E-state index in [-0.39, 0.29) is 0 Å². The van der Waals surface area contributed by atoms with E-state index in [1.807, 2.05) is 6.92 Å². The summed E-state index contributed by atoms with van der Waals surface area (Å²) in [6.45, 7) is 5.17. The first-order valence-electron chi connectivity index (χ1n) is 6.32. The first-order valence-corrected chi connectivity index (χ1v) is 6.70. The van der Waals surface area contributed by atoms with Crippen LogP contribution in [0, 0.1) is 6.92 Å². The zero-order valence-electron chi connectivity index (χ0n) is 10.7. The van der Waals surface area contributed by atoms with E-state index in [1.165, 1.54) is 18.4 Å². The highest BCUT2D eigenvalue weighted by Gasteiger charge is 2.19. The van der Waals surface area contributed by atoms with E-state index < -0.39 is 0 Å². The smallest absolute Gasteiger partial charge is 0.0438 e. The molecule has 0 aliphatic heterocycles. The SMILES string of the molecule is Cc1ccc(CN(C)CCNC2CC2)cc1Cl. The molecule has 1 fully saturated rings. The number of nitrogens with zero attached hydrogens (tertiary/aromatic N) is 1. The lowest BCUT2D eigenvalue weighted by molar-refractivity contribution is 0.324. The van der Waals surface area contributed by atoms with Crippen LogP contribution in [-0.2, 0) is 6.54 Å². The molecule has 0 amide bonds. The average molecular weight is 253 g/mol. The van der Waals surface area contributed by atoms with Crippen molar-refractivity contribution in [2.75, 3.05) is 20.1 Å². The Hall–Kier alpha value is -0.570. The zero-order valence-corrected chi connectivity index (χ0v) is 11.4. The van der Waals surface area contributed by atoms with E-state index in [0.717, 1.165) is 36.3 Å². The van der Waals surface area contributed by atoms with Crippen molar-refractivity contribution in [1.82, 2.24) is 10.2 Å². The maximum Gasteiger partial charge on any atom is 0.0438 e. The van der Waals surface area contributed by atoms with Crippen molar-refractivity contribution in [2.24, 2.45) is 0 Å². The molecular weight excluding hydrogens is 232 g/mol. The van der Waals surface area contributed by atoms with Gasteiger partial charge in [0.2, 0.25) is 0 Å². The van der Waals surface area contributed by atoms with Crippen molar-refractivity contribution in [3.63, 3.8) is 0 Å². The van der Waals surface area contributed by atoms with E-state index in [9.17, 15) is 0 Å². The second kappa shape index (κ2) is 5.85. The number of nitrogens with one attached hydrogen (secondary N) is 1. The minimum atomic E-state index is 0.803. The summed E-state index contributed by atoms with van der Waals surface area (Å²) >= 11 is 6.12. The van der Waals surface area contributed by atoms with Crippen LogP contribution in [0.5, 0.6) is 0 Å². The Kier molecular flexibility index (Phi) is 4.43. The standard InChI is InChI=1S/C14H21ClN2/c1-11-3-4-12(9-14(11)15)10-17(2)8-7-16-13-5-6-13/h3-4,9,13,16H,5-8,10H2,1-2H3. The number of aryl methyl sites for hydroxylation is 1. The molecule has 0 radical (unpaired) electrons. The van der Waals surface area contributed by atoms with Crippen molar-refractivity contribution < 1.29 is 0 Å². The summed E-state index contributed by atoms with van der Waals surface area (Å²) in [4.78, 5) is 2.33. The molecule has 0 bridgehead atoms. The van der Waals surface area contributed by atoms with Crippen LogP contribution in [0.3, 0.4) is 0 Å². The normalized spacial score (nSPS) is 15.5. The zero-order chi connectivity index (χ0) is 12.3. The summed E-state index contributed by atoms with van der Waals surface area (Å²) in [5.41, 5.74) is 2.43. The van der Waals surface area contributed by atoms with Gasteiger partial charge in [-0.25, -0.2) is 0 Å². The van der Waals surface area contributed by atoms with Gasteiger partial charge >= 0.3 is 0 Å². The summed E-state index contributed by atoms with van der Waals surface area (Å²) in [6.07, 6.45) is 2.72. The molecule has 2 nitrogen and oxygen atoms in total. The first kappa shape index (κ1) is 12.9. The molecule has 17 heavy (non-hydrogen) atoms. The van der Waals surface area contributed by atoms with Crippen LogP contribution in [0.1, 0.15) is 24.0 Å². The van der Waals surface area contributed by atoms with Crippen molar-refractivity contribution >= 4 is 11.6 Å². The van der Waals surface area contributed by atoms with Gasteiger partial charge in [0.1, 0.15) is 0 Å². The highest BCUT2D eigenvalue weighted by atomic mass is 35.5. The van der Waals surface area contributed by atoms with Gasteiger partial charge in [-0.1, -0.05) is 23.7 Å². The quantitative estimate of drug-likeness (QED) is 0.838. The van der Waals surface area contributed by atoms with Crippen LogP contribution >= 0.6 is 11.6 Å². The molecule has 0 atom stereocenters. The molecule has 0 spiro atoms. The number of hydrogen-bond acceptors (Lipinski definition) is 2. The lowest BCUT2D eigenvalue weighted by Crippen LogP contribution is -2.30. The summed E-state index contributed by atoms with van der Waals surface area (Å²) in [6, 6.07) is 7.12. The number of benzene rings is 1. The molecule has 94 valence electrons. The second-order valence-corrected chi connectivity index (χ2v) is 5.46. The number of likely N-dealkylation sites (N-methyl/N-ethyl adjacent to an activating group) is 1. The Morgan fingerprint density at radius 3 is 2.82 bits per heavy atom. The summed E-state index contributed by atoms with van der Waals surface area (Å²) in [5, 5.41) is 4.39. The average Bonchev–Trinajstić information content (AvgIpc) is 3.07. The largest absolute Gasteiger partial charge is 0.313 e. The van der Waals surface area contributed by atoms with E-state index >= 15 is 0 Å². The molecule has 0 aromatic heterocycles. The molecule has 0 saturated heterocycles. The molecule has 0 unspecified atom stereocenters. The molecular formula is C14H21ClN2. The maximum atomic E-state index is 6.12. The lowest BCUT2D eigenvalue weighted by atomic mass is 10.1. The minimum absolute atomic E-state index is 0.803. The van der Waals surface area contributed by atoms with Crippen molar-refractivity contribution in [3.8, 4) is 0 Å². The molecule has 2 rings (SSSR count). The molecule has 1 aliphatic carbocycles. The van der Waals surface area contributed by atoms with Gasteiger partial charge in [-0.05, 0) is 44.0 Å². The first-order chi connectivity index (χ1) is 8.15. The van der Waals surface area contributed by atoms with Crippen LogP contribution in [-0.4, -0.2) is 31.1 Å². The van der Waals surface area contributed by atoms with Gasteiger partial charge < -0.3 is 10.2 Å². The van der Waals surface area contributed by atoms with Gasteiger partial charge in [-0.2, -0.15) is 0 Å². The van der Waals surface area contributed by atoms with Gasteiger partial charge in [0, 0.05) is 30.7 Å². The summed E-state index contributed by atoms with van der Waals surface area (Å²) in [7, 11) is 2.16. The predicted octanol–water partition coefficient (Wildman–Crippen LogP) is 2.83. The van der Waals surface area contributed by atoms with Crippen LogP contribution in [0.2, 0.25) is 5.02 Å². The third-order valence-electron chi connectivity index (χ3n) is 3.19. The van der Waals surface area contributed by atoms with E-state index in [2.05, 4.69) is 35.5 Å². The summed E-state index contributed by atoms with van der Waals surface area (Å²) < 4.78 is 0. The van der Waals surface area contributed by atoms with Gasteiger partial charge in [-0.15, -0.1) is 0 Å². The molecule has 1 aromatic rings. The lowest BCUT2D eigenvalue weighted by Gasteiger charge is -2.17. The van der Waals surface area contributed by atoms with Gasteiger partial charge in [-0.3, -0.25) is 0 Å². The van der Waals surface area contributed by atoms with E-state index in [0.29, 0.717) is 0 Å². The molecule has 1 N–H and O–H groups in total. The Balaban J connectivity index is 1.75. The van der Waals surface area contributed by atoms with Crippen LogP contribution in [0.25, 0.3) is 0 Å². The van der Waals surface area contributed by atoms with Crippen molar-refractivity contribution in [2.45, 2.75) is 32.4 Å². The van der Waals surface area contributed by atoms with Gasteiger partial charge in [0.15, 0.2) is 0 Å². The monoisotopic (exact) mass is 252 g/mol. The highest BCUT2D eigenvalue weighted by molar-refractivity contribution is 6.31. The van der Waals surface area contributed by atoms with Gasteiger partial charge in [0.25, 0.3) is 0 Å². The minimum Gasteiger partial charge on any atom is -0.313 e. The third-order valence-corrected chi connectivity index (χ3v) is 3.60. The molecule has 3 heteroatoms. The summed E-state index contributed by atoms with van der Waals surface area (Å²) in [5.74, 6) is 0. The Morgan fingerprint density at radius 1 is 1.41 bits per heavy atom. The van der Waals surface area contributed by atoms with Gasteiger partial charge in [0.05, 0.1) is 0 Å². The van der Waals surface area contributed by atoms with Crippen LogP contribution < -0.4 is 5.32 Å². The fourth-order valence-electron chi connectivity index (χ4n) is 1.87. The molecule has 1 aliphatic rings. The van der Waals surface area contributed by atoms with Crippen molar-refractivity contribution in [1.29, 1.82) is 0 Å². The highest BCUT2D eigenvalue weighted by Crippen LogP contribution is 2.18. The molecule has 1 aromatic carbocycles. The second-order valence-electron chi connectivity index (χ2n) is 5.05. The van der Waals surface area contributed by atoms with Crippen LogP contribution in [0.4, 0.5) is 0 Å². The van der Waals surface area contributed by atoms with E-state index in [4.69, 9.17) is 11.6 Å². The van der Waals surface area contributed by atoms with E-state index in [1.54, 1.807) is 0 Å². The van der Waals surface area contributed by atoms with Crippen molar-refractivity contribution in [3.05, 3.63) is 34.3 Å². The Morgan fingerprint density at radius 2 is 2.18 bits per heavy atom. The number of rotatable bonds is 6. The predicted molar refractivity (Wildman–Crippen MR) is 73.5 cm³/mol. The molecule has 1 saturated carbocycles. The third kappa shape index (κ3) is 4.30. The van der Waals surface area contributed by atoms with Crippen LogP contribution in [0.15, 0.2) is 18.2 Å².